The molecule has 1 unspecified atom stereocenters. The second-order valence-electron chi connectivity index (χ2n) is 9.54. The monoisotopic (exact) mass is 439 g/mol. The predicted octanol–water partition coefficient (Wildman–Crippen LogP) is 4.35. The summed E-state index contributed by atoms with van der Waals surface area (Å²) in [7, 11) is 0. The first kappa shape index (κ1) is 22.0. The van der Waals surface area contributed by atoms with Gasteiger partial charge in [0.05, 0.1) is 5.56 Å². The number of esters is 1. The van der Waals surface area contributed by atoms with Crippen LogP contribution in [0, 0.1) is 23.2 Å². The summed E-state index contributed by atoms with van der Waals surface area (Å²) in [4.78, 5) is 24.2. The van der Waals surface area contributed by atoms with Gasteiger partial charge in [-0.25, -0.2) is 4.79 Å². The number of hydrogen-bond donors (Lipinski definition) is 1. The van der Waals surface area contributed by atoms with Crippen LogP contribution in [0.3, 0.4) is 0 Å². The Morgan fingerprint density at radius 1 is 1.10 bits per heavy atom. The molecule has 5 nitrogen and oxygen atoms in total. The van der Waals surface area contributed by atoms with E-state index in [0.717, 1.165) is 49.1 Å². The molecular weight excluding hydrogens is 411 g/mol. The molecule has 0 saturated heterocycles. The Morgan fingerprint density at radius 3 is 2.29 bits per heavy atom. The van der Waals surface area contributed by atoms with Crippen molar-refractivity contribution in [3.63, 3.8) is 0 Å². The van der Waals surface area contributed by atoms with Crippen LogP contribution in [0.5, 0.6) is 5.75 Å². The molecule has 1 amide bonds. The molecular formula is C23H28F3NO4. The van der Waals surface area contributed by atoms with Crippen molar-refractivity contribution in [3.8, 4) is 5.75 Å². The molecule has 0 radical (unpaired) electrons. The lowest BCUT2D eigenvalue weighted by molar-refractivity contribution is -0.151. The molecule has 4 bridgehead atoms. The van der Waals surface area contributed by atoms with E-state index in [1.54, 1.807) is 0 Å². The highest BCUT2D eigenvalue weighted by molar-refractivity contribution is 5.81. The summed E-state index contributed by atoms with van der Waals surface area (Å²) in [6.45, 7) is 1.05. The molecule has 4 saturated carbocycles. The molecule has 0 spiro atoms. The van der Waals surface area contributed by atoms with Crippen LogP contribution in [0.4, 0.5) is 13.2 Å². The highest BCUT2D eigenvalue weighted by Crippen LogP contribution is 2.61. The number of alkyl halides is 3. The minimum atomic E-state index is -4.49. The molecule has 1 atom stereocenters. The van der Waals surface area contributed by atoms with Gasteiger partial charge >= 0.3 is 12.1 Å². The summed E-state index contributed by atoms with van der Waals surface area (Å²) in [6, 6.07) is 4.27. The van der Waals surface area contributed by atoms with Gasteiger partial charge in [0.25, 0.3) is 5.91 Å². The van der Waals surface area contributed by atoms with E-state index in [1.807, 2.05) is 6.92 Å². The predicted molar refractivity (Wildman–Crippen MR) is 106 cm³/mol. The third-order valence-electron chi connectivity index (χ3n) is 7.26. The molecule has 0 aliphatic heterocycles. The number of ether oxygens (including phenoxy) is 2. The van der Waals surface area contributed by atoms with Gasteiger partial charge in [0.15, 0.2) is 13.2 Å². The van der Waals surface area contributed by atoms with Crippen LogP contribution < -0.4 is 10.1 Å². The largest absolute Gasteiger partial charge is 0.482 e. The van der Waals surface area contributed by atoms with E-state index in [2.05, 4.69) is 5.32 Å². The first-order valence-corrected chi connectivity index (χ1v) is 10.9. The fraction of sp³-hybridized carbons (Fsp3) is 0.652. The number of benzene rings is 1. The number of carbonyl (C=O) groups is 2. The van der Waals surface area contributed by atoms with Crippen LogP contribution in [0.15, 0.2) is 24.3 Å². The number of amides is 1. The molecule has 1 aromatic rings. The molecule has 1 aromatic carbocycles. The number of hydrogen-bond acceptors (Lipinski definition) is 4. The van der Waals surface area contributed by atoms with Gasteiger partial charge in [-0.3, -0.25) is 4.79 Å². The second kappa shape index (κ2) is 8.36. The zero-order valence-electron chi connectivity index (χ0n) is 17.5. The van der Waals surface area contributed by atoms with Crippen molar-refractivity contribution >= 4 is 11.9 Å². The number of halogens is 3. The quantitative estimate of drug-likeness (QED) is 0.642. The maximum atomic E-state index is 12.7. The van der Waals surface area contributed by atoms with Gasteiger partial charge in [-0.15, -0.1) is 0 Å². The van der Waals surface area contributed by atoms with E-state index in [9.17, 15) is 22.8 Å². The zero-order valence-corrected chi connectivity index (χ0v) is 17.5. The lowest BCUT2D eigenvalue weighted by Gasteiger charge is -2.59. The van der Waals surface area contributed by atoms with Gasteiger partial charge in [-0.05, 0) is 86.8 Å². The summed E-state index contributed by atoms with van der Waals surface area (Å²) in [5, 5.41) is 3.01. The average molecular weight is 439 g/mol. The van der Waals surface area contributed by atoms with Crippen molar-refractivity contribution in [2.45, 2.75) is 57.7 Å². The summed E-state index contributed by atoms with van der Waals surface area (Å²) >= 11 is 0. The Bertz CT molecular complexity index is 803. The highest BCUT2D eigenvalue weighted by atomic mass is 19.4. The van der Waals surface area contributed by atoms with Crippen LogP contribution >= 0.6 is 0 Å². The average Bonchev–Trinajstić information content (AvgIpc) is 2.69. The van der Waals surface area contributed by atoms with Gasteiger partial charge in [0.2, 0.25) is 0 Å². The van der Waals surface area contributed by atoms with Gasteiger partial charge in [-0.2, -0.15) is 13.2 Å². The Morgan fingerprint density at radius 2 is 1.71 bits per heavy atom. The van der Waals surface area contributed by atoms with Crippen LogP contribution in [-0.2, 0) is 20.5 Å². The van der Waals surface area contributed by atoms with Crippen molar-refractivity contribution < 1.29 is 32.2 Å². The molecule has 4 fully saturated rings. The van der Waals surface area contributed by atoms with Crippen molar-refractivity contribution in [1.29, 1.82) is 0 Å². The number of nitrogens with one attached hydrogen (secondary N) is 1. The molecule has 1 N–H and O–H groups in total. The maximum absolute atomic E-state index is 12.7. The molecule has 4 aliphatic rings. The Balaban J connectivity index is 1.22. The van der Waals surface area contributed by atoms with Gasteiger partial charge in [-0.1, -0.05) is 6.07 Å². The van der Waals surface area contributed by atoms with Gasteiger partial charge in [0, 0.05) is 6.04 Å². The van der Waals surface area contributed by atoms with Crippen molar-refractivity contribution in [1.82, 2.24) is 5.32 Å². The lowest BCUT2D eigenvalue weighted by Crippen LogP contribution is -2.56. The number of carbonyl (C=O) groups excluding carboxylic acids is 2. The first-order valence-electron chi connectivity index (χ1n) is 10.9. The first-order chi connectivity index (χ1) is 14.6. The molecule has 4 aliphatic carbocycles. The maximum Gasteiger partial charge on any atom is 0.416 e. The third-order valence-corrected chi connectivity index (χ3v) is 7.26. The van der Waals surface area contributed by atoms with E-state index in [1.165, 1.54) is 31.4 Å². The van der Waals surface area contributed by atoms with Crippen LogP contribution in [0.1, 0.15) is 51.0 Å². The molecule has 8 heteroatoms. The van der Waals surface area contributed by atoms with E-state index in [0.29, 0.717) is 0 Å². The summed E-state index contributed by atoms with van der Waals surface area (Å²) < 4.78 is 48.2. The van der Waals surface area contributed by atoms with Crippen LogP contribution in [0.2, 0.25) is 0 Å². The van der Waals surface area contributed by atoms with E-state index in [-0.39, 0.29) is 23.1 Å². The second-order valence-corrected chi connectivity index (χ2v) is 9.54. The smallest absolute Gasteiger partial charge is 0.416 e. The minimum absolute atomic E-state index is 0.0217. The normalized spacial score (nSPS) is 30.0. The topological polar surface area (TPSA) is 64.6 Å². The molecule has 5 rings (SSSR count). The van der Waals surface area contributed by atoms with E-state index < -0.39 is 30.9 Å². The van der Waals surface area contributed by atoms with E-state index in [4.69, 9.17) is 9.47 Å². The minimum Gasteiger partial charge on any atom is -0.482 e. The zero-order chi connectivity index (χ0) is 22.2. The van der Waals surface area contributed by atoms with Gasteiger partial charge < -0.3 is 14.8 Å². The summed E-state index contributed by atoms with van der Waals surface area (Å²) in [5.74, 6) is 1.06. The molecule has 0 heterocycles. The highest BCUT2D eigenvalue weighted by Gasteiger charge is 2.53. The summed E-state index contributed by atoms with van der Waals surface area (Å²) in [5.41, 5.74) is -0.711. The fourth-order valence-corrected chi connectivity index (χ4v) is 6.24. The van der Waals surface area contributed by atoms with Crippen molar-refractivity contribution in [2.24, 2.45) is 23.2 Å². The Hall–Kier alpha value is -2.25. The van der Waals surface area contributed by atoms with Crippen LogP contribution in [0.25, 0.3) is 0 Å². The molecule has 170 valence electrons. The SMILES string of the molecule is CC(NC(=O)COC(=O)COc1cccc(C(F)(F)F)c1)C12CC3CC(CC(C3)C1)C2. The lowest BCUT2D eigenvalue weighted by atomic mass is 9.48. The standard InChI is InChI=1S/C23H28F3NO4/c1-14(22-9-15-5-16(10-22)7-17(6-15)11-22)27-20(28)12-31-21(29)13-30-19-4-2-3-18(8-19)23(24,25)26/h2-4,8,14-17H,5-7,9-13H2,1H3,(H,27,28). The summed E-state index contributed by atoms with van der Waals surface area (Å²) in [6.07, 6.45) is 2.95. The number of rotatable bonds is 7. The third kappa shape index (κ3) is 4.99. The van der Waals surface area contributed by atoms with Crippen molar-refractivity contribution in [3.05, 3.63) is 29.8 Å². The van der Waals surface area contributed by atoms with Crippen molar-refractivity contribution in [2.75, 3.05) is 13.2 Å². The van der Waals surface area contributed by atoms with E-state index >= 15 is 0 Å². The Kier molecular flexibility index (Phi) is 5.92. The Labute approximate surface area is 179 Å². The fourth-order valence-electron chi connectivity index (χ4n) is 6.24. The van der Waals surface area contributed by atoms with Gasteiger partial charge in [0.1, 0.15) is 5.75 Å². The molecule has 31 heavy (non-hydrogen) atoms. The molecule has 0 aromatic heterocycles. The van der Waals surface area contributed by atoms with Crippen LogP contribution in [-0.4, -0.2) is 31.1 Å².